The van der Waals surface area contributed by atoms with Crippen LogP contribution in [0.5, 0.6) is 11.5 Å². The molecule has 2 rings (SSSR count). The fourth-order valence-electron chi connectivity index (χ4n) is 1.50. The largest absolute Gasteiger partial charge is 0.493 e. The number of methoxy groups -OCH3 is 1. The maximum Gasteiger partial charge on any atom is 0.163 e. The highest BCUT2D eigenvalue weighted by Gasteiger charge is 2.06. The number of ether oxygens (including phenoxy) is 2. The number of nitrogen functional groups attached to an aromatic ring is 1. The number of nitrogens with two attached hydrogens (primary N) is 1. The second kappa shape index (κ2) is 4.78. The summed E-state index contributed by atoms with van der Waals surface area (Å²) in [4.78, 5) is 0. The number of benzene rings is 1. The predicted octanol–water partition coefficient (Wildman–Crippen LogP) is 1.59. The molecule has 0 aliphatic rings. The standard InChI is InChI=1S/C12H15N3O2/c1-15-6-5-10(14-15)8-17-12-7-9(13)3-4-11(12)16-2/h3-7H,8,13H2,1-2H3. The lowest BCUT2D eigenvalue weighted by atomic mass is 10.3. The number of rotatable bonds is 4. The highest BCUT2D eigenvalue weighted by atomic mass is 16.5. The van der Waals surface area contributed by atoms with Crippen molar-refractivity contribution in [2.45, 2.75) is 6.61 Å². The van der Waals surface area contributed by atoms with Crippen LogP contribution in [0.3, 0.4) is 0 Å². The highest BCUT2D eigenvalue weighted by molar-refractivity contribution is 5.51. The molecule has 1 aromatic heterocycles. The summed E-state index contributed by atoms with van der Waals surface area (Å²) in [7, 11) is 3.46. The lowest BCUT2D eigenvalue weighted by Crippen LogP contribution is -2.00. The Morgan fingerprint density at radius 3 is 2.76 bits per heavy atom. The number of anilines is 1. The molecule has 0 bridgehead atoms. The average molecular weight is 233 g/mol. The fourth-order valence-corrected chi connectivity index (χ4v) is 1.50. The molecule has 0 spiro atoms. The van der Waals surface area contributed by atoms with E-state index in [1.807, 2.05) is 19.3 Å². The molecule has 90 valence electrons. The maximum absolute atomic E-state index is 5.70. The van der Waals surface area contributed by atoms with E-state index in [1.54, 1.807) is 30.0 Å². The molecule has 0 atom stereocenters. The van der Waals surface area contributed by atoms with Gasteiger partial charge in [0.15, 0.2) is 11.5 Å². The van der Waals surface area contributed by atoms with Gasteiger partial charge in [-0.3, -0.25) is 4.68 Å². The smallest absolute Gasteiger partial charge is 0.163 e. The van der Waals surface area contributed by atoms with Crippen molar-refractivity contribution in [2.24, 2.45) is 7.05 Å². The molecule has 0 saturated carbocycles. The van der Waals surface area contributed by atoms with E-state index in [-0.39, 0.29) is 0 Å². The number of nitrogens with zero attached hydrogens (tertiary/aromatic N) is 2. The van der Waals surface area contributed by atoms with Crippen molar-refractivity contribution in [3.8, 4) is 11.5 Å². The third-order valence-electron chi connectivity index (χ3n) is 2.33. The normalized spacial score (nSPS) is 10.2. The van der Waals surface area contributed by atoms with Crippen LogP contribution in [0, 0.1) is 0 Å². The molecule has 0 aliphatic heterocycles. The SMILES string of the molecule is COc1ccc(N)cc1OCc1ccn(C)n1. The van der Waals surface area contributed by atoms with E-state index >= 15 is 0 Å². The Balaban J connectivity index is 2.10. The predicted molar refractivity (Wildman–Crippen MR) is 64.9 cm³/mol. The molecule has 0 aliphatic carbocycles. The maximum atomic E-state index is 5.70. The fraction of sp³-hybridized carbons (Fsp3) is 0.250. The molecule has 2 aromatic rings. The zero-order valence-corrected chi connectivity index (χ0v) is 9.88. The van der Waals surface area contributed by atoms with Gasteiger partial charge >= 0.3 is 0 Å². The molecule has 1 heterocycles. The van der Waals surface area contributed by atoms with Gasteiger partial charge in [0.2, 0.25) is 0 Å². The number of aryl methyl sites for hydroxylation is 1. The van der Waals surface area contributed by atoms with Gasteiger partial charge in [-0.1, -0.05) is 0 Å². The van der Waals surface area contributed by atoms with Crippen molar-refractivity contribution in [3.05, 3.63) is 36.2 Å². The van der Waals surface area contributed by atoms with Crippen molar-refractivity contribution in [2.75, 3.05) is 12.8 Å². The summed E-state index contributed by atoms with van der Waals surface area (Å²) in [6.07, 6.45) is 1.87. The molecule has 0 amide bonds. The van der Waals surface area contributed by atoms with Gasteiger partial charge in [0.25, 0.3) is 0 Å². The van der Waals surface area contributed by atoms with Crippen molar-refractivity contribution in [3.63, 3.8) is 0 Å². The van der Waals surface area contributed by atoms with Gasteiger partial charge in [-0.2, -0.15) is 5.10 Å². The second-order valence-electron chi connectivity index (χ2n) is 3.68. The van der Waals surface area contributed by atoms with E-state index in [9.17, 15) is 0 Å². The molecule has 0 fully saturated rings. The highest BCUT2D eigenvalue weighted by Crippen LogP contribution is 2.29. The van der Waals surface area contributed by atoms with Gasteiger partial charge in [0.05, 0.1) is 12.8 Å². The van der Waals surface area contributed by atoms with E-state index in [0.29, 0.717) is 23.8 Å². The lowest BCUT2D eigenvalue weighted by Gasteiger charge is -2.10. The first-order valence-corrected chi connectivity index (χ1v) is 5.24. The summed E-state index contributed by atoms with van der Waals surface area (Å²) >= 11 is 0. The molecule has 0 unspecified atom stereocenters. The first kappa shape index (κ1) is 11.3. The second-order valence-corrected chi connectivity index (χ2v) is 3.68. The topological polar surface area (TPSA) is 62.3 Å². The Kier molecular flexibility index (Phi) is 3.18. The first-order valence-electron chi connectivity index (χ1n) is 5.24. The van der Waals surface area contributed by atoms with Crippen LogP contribution < -0.4 is 15.2 Å². The summed E-state index contributed by atoms with van der Waals surface area (Å²) < 4.78 is 12.5. The third-order valence-corrected chi connectivity index (χ3v) is 2.33. The zero-order chi connectivity index (χ0) is 12.3. The molecular formula is C12H15N3O2. The Morgan fingerprint density at radius 2 is 2.12 bits per heavy atom. The van der Waals surface area contributed by atoms with Gasteiger partial charge in [0.1, 0.15) is 6.61 Å². The summed E-state index contributed by atoms with van der Waals surface area (Å²) in [6, 6.07) is 7.19. The molecule has 2 N–H and O–H groups in total. The summed E-state index contributed by atoms with van der Waals surface area (Å²) in [5.74, 6) is 1.29. The number of hydrogen-bond donors (Lipinski definition) is 1. The Hall–Kier alpha value is -2.17. The van der Waals surface area contributed by atoms with E-state index in [2.05, 4.69) is 5.10 Å². The van der Waals surface area contributed by atoms with E-state index in [4.69, 9.17) is 15.2 Å². The van der Waals surface area contributed by atoms with E-state index in [1.165, 1.54) is 0 Å². The van der Waals surface area contributed by atoms with Crippen LogP contribution >= 0.6 is 0 Å². The third kappa shape index (κ3) is 2.69. The van der Waals surface area contributed by atoms with Crippen LogP contribution in [0.15, 0.2) is 30.5 Å². The summed E-state index contributed by atoms with van der Waals surface area (Å²) in [5, 5.41) is 4.22. The molecule has 0 saturated heterocycles. The minimum absolute atomic E-state index is 0.390. The summed E-state index contributed by atoms with van der Waals surface area (Å²) in [5.41, 5.74) is 7.20. The number of aromatic nitrogens is 2. The Morgan fingerprint density at radius 1 is 1.29 bits per heavy atom. The quantitative estimate of drug-likeness (QED) is 0.814. The van der Waals surface area contributed by atoms with Gasteiger partial charge in [-0.25, -0.2) is 0 Å². The lowest BCUT2D eigenvalue weighted by molar-refractivity contribution is 0.280. The van der Waals surface area contributed by atoms with Crippen LogP contribution in [0.4, 0.5) is 5.69 Å². The molecule has 17 heavy (non-hydrogen) atoms. The monoisotopic (exact) mass is 233 g/mol. The molecule has 1 aromatic carbocycles. The minimum atomic E-state index is 0.390. The first-order chi connectivity index (χ1) is 8.19. The molecular weight excluding hydrogens is 218 g/mol. The minimum Gasteiger partial charge on any atom is -0.493 e. The molecule has 5 heteroatoms. The van der Waals surface area contributed by atoms with Crippen molar-refractivity contribution in [1.82, 2.24) is 9.78 Å². The Labute approximate surface area is 99.8 Å². The van der Waals surface area contributed by atoms with Gasteiger partial charge in [-0.05, 0) is 18.2 Å². The summed E-state index contributed by atoms with van der Waals surface area (Å²) in [6.45, 7) is 0.390. The van der Waals surface area contributed by atoms with E-state index < -0.39 is 0 Å². The van der Waals surface area contributed by atoms with Gasteiger partial charge < -0.3 is 15.2 Å². The van der Waals surface area contributed by atoms with Crippen LogP contribution in [-0.4, -0.2) is 16.9 Å². The zero-order valence-electron chi connectivity index (χ0n) is 9.88. The molecule has 5 nitrogen and oxygen atoms in total. The molecule has 0 radical (unpaired) electrons. The number of hydrogen-bond acceptors (Lipinski definition) is 4. The van der Waals surface area contributed by atoms with E-state index in [0.717, 1.165) is 5.69 Å². The van der Waals surface area contributed by atoms with Crippen LogP contribution in [0.2, 0.25) is 0 Å². The van der Waals surface area contributed by atoms with Crippen LogP contribution in [0.25, 0.3) is 0 Å². The Bertz CT molecular complexity index is 508. The van der Waals surface area contributed by atoms with Gasteiger partial charge in [-0.15, -0.1) is 0 Å². The van der Waals surface area contributed by atoms with Crippen molar-refractivity contribution >= 4 is 5.69 Å². The average Bonchev–Trinajstić information content (AvgIpc) is 2.73. The van der Waals surface area contributed by atoms with Crippen LogP contribution in [0.1, 0.15) is 5.69 Å². The van der Waals surface area contributed by atoms with Crippen molar-refractivity contribution < 1.29 is 9.47 Å². The van der Waals surface area contributed by atoms with Crippen LogP contribution in [-0.2, 0) is 13.7 Å². The van der Waals surface area contributed by atoms with Gasteiger partial charge in [0, 0.05) is 25.0 Å². The van der Waals surface area contributed by atoms with Crippen molar-refractivity contribution in [1.29, 1.82) is 0 Å².